The molecule has 1 aliphatic heterocycles. The van der Waals surface area contributed by atoms with Gasteiger partial charge in [0.1, 0.15) is 5.82 Å². The zero-order chi connectivity index (χ0) is 9.80. The SMILES string of the molecule is Fc1cnccc1CC1CCNCC1. The average Bonchev–Trinajstić information content (AvgIpc) is 2.23. The van der Waals surface area contributed by atoms with Crippen LogP contribution in [0.3, 0.4) is 0 Å². The van der Waals surface area contributed by atoms with Crippen molar-refractivity contribution < 1.29 is 4.39 Å². The third kappa shape index (κ3) is 2.29. The lowest BCUT2D eigenvalue weighted by molar-refractivity contribution is 0.368. The molecule has 2 heterocycles. The van der Waals surface area contributed by atoms with Crippen molar-refractivity contribution in [3.8, 4) is 0 Å². The fourth-order valence-electron chi connectivity index (χ4n) is 1.97. The molecule has 0 atom stereocenters. The first-order valence-electron chi connectivity index (χ1n) is 5.15. The standard InChI is InChI=1S/C11H15FN2/c12-11-8-14-6-3-10(11)7-9-1-4-13-5-2-9/h3,6,8-9,13H,1-2,4-5,7H2. The summed E-state index contributed by atoms with van der Waals surface area (Å²) in [6.07, 6.45) is 6.13. The molecule has 1 aromatic heterocycles. The van der Waals surface area contributed by atoms with E-state index in [2.05, 4.69) is 10.3 Å². The topological polar surface area (TPSA) is 24.9 Å². The Balaban J connectivity index is 1.99. The number of rotatable bonds is 2. The van der Waals surface area contributed by atoms with Crippen molar-refractivity contribution in [3.63, 3.8) is 0 Å². The summed E-state index contributed by atoms with van der Waals surface area (Å²) in [6, 6.07) is 1.79. The molecule has 0 bridgehead atoms. The molecule has 2 nitrogen and oxygen atoms in total. The van der Waals surface area contributed by atoms with E-state index in [1.54, 1.807) is 12.3 Å². The molecular formula is C11H15FN2. The maximum Gasteiger partial charge on any atom is 0.144 e. The summed E-state index contributed by atoms with van der Waals surface area (Å²) >= 11 is 0. The minimum absolute atomic E-state index is 0.161. The Morgan fingerprint density at radius 2 is 2.21 bits per heavy atom. The molecule has 1 N–H and O–H groups in total. The van der Waals surface area contributed by atoms with Crippen LogP contribution in [0.5, 0.6) is 0 Å². The highest BCUT2D eigenvalue weighted by atomic mass is 19.1. The van der Waals surface area contributed by atoms with Gasteiger partial charge in [-0.05, 0) is 49.9 Å². The molecule has 0 unspecified atom stereocenters. The molecule has 1 saturated heterocycles. The van der Waals surface area contributed by atoms with E-state index in [1.807, 2.05) is 0 Å². The van der Waals surface area contributed by atoms with Gasteiger partial charge in [-0.1, -0.05) is 0 Å². The molecule has 0 radical (unpaired) electrons. The van der Waals surface area contributed by atoms with Crippen LogP contribution < -0.4 is 5.32 Å². The number of nitrogens with one attached hydrogen (secondary N) is 1. The van der Waals surface area contributed by atoms with E-state index in [0.717, 1.165) is 37.9 Å². The van der Waals surface area contributed by atoms with Crippen molar-refractivity contribution in [1.82, 2.24) is 10.3 Å². The van der Waals surface area contributed by atoms with Crippen molar-refractivity contribution in [2.75, 3.05) is 13.1 Å². The third-order valence-corrected chi connectivity index (χ3v) is 2.82. The van der Waals surface area contributed by atoms with Crippen LogP contribution in [0.25, 0.3) is 0 Å². The van der Waals surface area contributed by atoms with Crippen molar-refractivity contribution in [2.24, 2.45) is 5.92 Å². The highest BCUT2D eigenvalue weighted by molar-refractivity contribution is 5.13. The Morgan fingerprint density at radius 3 is 2.93 bits per heavy atom. The molecule has 14 heavy (non-hydrogen) atoms. The zero-order valence-corrected chi connectivity index (χ0v) is 8.17. The molecule has 0 amide bonds. The second kappa shape index (κ2) is 4.51. The molecule has 1 fully saturated rings. The predicted molar refractivity (Wildman–Crippen MR) is 53.5 cm³/mol. The molecule has 2 rings (SSSR count). The van der Waals surface area contributed by atoms with Gasteiger partial charge in [0.2, 0.25) is 0 Å². The van der Waals surface area contributed by atoms with E-state index in [0.29, 0.717) is 5.92 Å². The van der Waals surface area contributed by atoms with Crippen LogP contribution in [0.2, 0.25) is 0 Å². The highest BCUT2D eigenvalue weighted by Gasteiger charge is 2.14. The molecular weight excluding hydrogens is 179 g/mol. The molecule has 3 heteroatoms. The number of aromatic nitrogens is 1. The van der Waals surface area contributed by atoms with Gasteiger partial charge in [-0.25, -0.2) is 4.39 Å². The summed E-state index contributed by atoms with van der Waals surface area (Å²) in [4.78, 5) is 3.75. The number of pyridine rings is 1. The van der Waals surface area contributed by atoms with Gasteiger partial charge in [0.15, 0.2) is 0 Å². The lowest BCUT2D eigenvalue weighted by Crippen LogP contribution is -2.28. The van der Waals surface area contributed by atoms with Crippen molar-refractivity contribution in [3.05, 3.63) is 29.8 Å². The summed E-state index contributed by atoms with van der Waals surface area (Å²) in [5, 5.41) is 3.31. The molecule has 0 saturated carbocycles. The summed E-state index contributed by atoms with van der Waals surface area (Å²) in [5.74, 6) is 0.471. The molecule has 1 aromatic rings. The predicted octanol–water partition coefficient (Wildman–Crippen LogP) is 1.76. The van der Waals surface area contributed by atoms with Crippen LogP contribution in [0.15, 0.2) is 18.5 Å². The van der Waals surface area contributed by atoms with Crippen molar-refractivity contribution in [1.29, 1.82) is 0 Å². The Bertz CT molecular complexity index is 295. The van der Waals surface area contributed by atoms with Crippen LogP contribution in [-0.4, -0.2) is 18.1 Å². The quantitative estimate of drug-likeness (QED) is 0.776. The van der Waals surface area contributed by atoms with Gasteiger partial charge in [0, 0.05) is 6.20 Å². The normalized spacial score (nSPS) is 18.4. The molecule has 76 valence electrons. The van der Waals surface area contributed by atoms with E-state index < -0.39 is 0 Å². The minimum atomic E-state index is -0.161. The Kier molecular flexibility index (Phi) is 3.09. The second-order valence-corrected chi connectivity index (χ2v) is 3.86. The van der Waals surface area contributed by atoms with Gasteiger partial charge in [0.25, 0.3) is 0 Å². The minimum Gasteiger partial charge on any atom is -0.317 e. The number of halogens is 1. The molecule has 0 spiro atoms. The van der Waals surface area contributed by atoms with Gasteiger partial charge in [-0.3, -0.25) is 4.98 Å². The summed E-state index contributed by atoms with van der Waals surface area (Å²) in [5.41, 5.74) is 0.812. The molecule has 1 aliphatic rings. The monoisotopic (exact) mass is 194 g/mol. The zero-order valence-electron chi connectivity index (χ0n) is 8.17. The van der Waals surface area contributed by atoms with Crippen LogP contribution in [0.4, 0.5) is 4.39 Å². The van der Waals surface area contributed by atoms with Gasteiger partial charge >= 0.3 is 0 Å². The van der Waals surface area contributed by atoms with Gasteiger partial charge < -0.3 is 5.32 Å². The fourth-order valence-corrected chi connectivity index (χ4v) is 1.97. The Morgan fingerprint density at radius 1 is 1.43 bits per heavy atom. The van der Waals surface area contributed by atoms with E-state index >= 15 is 0 Å². The fraction of sp³-hybridized carbons (Fsp3) is 0.545. The highest BCUT2D eigenvalue weighted by Crippen LogP contribution is 2.18. The van der Waals surface area contributed by atoms with E-state index in [1.165, 1.54) is 6.20 Å². The first-order chi connectivity index (χ1) is 6.86. The lowest BCUT2D eigenvalue weighted by Gasteiger charge is -2.22. The molecule has 0 aromatic carbocycles. The van der Waals surface area contributed by atoms with Gasteiger partial charge in [0.05, 0.1) is 6.20 Å². The van der Waals surface area contributed by atoms with Crippen LogP contribution >= 0.6 is 0 Å². The maximum atomic E-state index is 13.3. The smallest absolute Gasteiger partial charge is 0.144 e. The van der Waals surface area contributed by atoms with E-state index in [4.69, 9.17) is 0 Å². The van der Waals surface area contributed by atoms with E-state index in [-0.39, 0.29) is 5.82 Å². The maximum absolute atomic E-state index is 13.3. The summed E-state index contributed by atoms with van der Waals surface area (Å²) in [6.45, 7) is 2.13. The second-order valence-electron chi connectivity index (χ2n) is 3.86. The van der Waals surface area contributed by atoms with Crippen LogP contribution in [0, 0.1) is 11.7 Å². The lowest BCUT2D eigenvalue weighted by atomic mass is 9.91. The Hall–Kier alpha value is -0.960. The summed E-state index contributed by atoms with van der Waals surface area (Å²) in [7, 11) is 0. The largest absolute Gasteiger partial charge is 0.317 e. The Labute approximate surface area is 83.6 Å². The first-order valence-corrected chi connectivity index (χ1v) is 5.15. The molecule has 0 aliphatic carbocycles. The number of nitrogens with zero attached hydrogens (tertiary/aromatic N) is 1. The number of piperidine rings is 1. The van der Waals surface area contributed by atoms with Crippen molar-refractivity contribution >= 4 is 0 Å². The van der Waals surface area contributed by atoms with Gasteiger partial charge in [-0.2, -0.15) is 0 Å². The first kappa shape index (κ1) is 9.59. The van der Waals surface area contributed by atoms with Crippen LogP contribution in [0.1, 0.15) is 18.4 Å². The van der Waals surface area contributed by atoms with Crippen LogP contribution in [-0.2, 0) is 6.42 Å². The third-order valence-electron chi connectivity index (χ3n) is 2.82. The number of hydrogen-bond acceptors (Lipinski definition) is 2. The van der Waals surface area contributed by atoms with E-state index in [9.17, 15) is 4.39 Å². The van der Waals surface area contributed by atoms with Gasteiger partial charge in [-0.15, -0.1) is 0 Å². The number of hydrogen-bond donors (Lipinski definition) is 1. The summed E-state index contributed by atoms with van der Waals surface area (Å²) < 4.78 is 13.3. The van der Waals surface area contributed by atoms with Crippen molar-refractivity contribution in [2.45, 2.75) is 19.3 Å². The average molecular weight is 194 g/mol.